The molecular formula is C22H26N2O2. The predicted molar refractivity (Wildman–Crippen MR) is 104 cm³/mol. The zero-order valence-corrected chi connectivity index (χ0v) is 15.8. The van der Waals surface area contributed by atoms with Crippen LogP contribution in [0, 0.1) is 17.8 Å². The number of carbonyl (C=O) groups is 1. The minimum Gasteiger partial charge on any atom is -0.388 e. The summed E-state index contributed by atoms with van der Waals surface area (Å²) in [5.74, 6) is 6.04. The van der Waals surface area contributed by atoms with Crippen molar-refractivity contribution in [3.05, 3.63) is 65.5 Å². The third-order valence-electron chi connectivity index (χ3n) is 4.47. The highest BCUT2D eigenvalue weighted by Gasteiger charge is 2.26. The Morgan fingerprint density at radius 1 is 1.38 bits per heavy atom. The molecule has 2 atom stereocenters. The molecule has 2 unspecified atom stereocenters. The molecule has 0 saturated heterocycles. The van der Waals surface area contributed by atoms with E-state index in [1.54, 1.807) is 33.2 Å². The minimum atomic E-state index is -0.977. The first-order valence-corrected chi connectivity index (χ1v) is 8.86. The molecule has 0 fully saturated rings. The number of hydrogen-bond donors (Lipinski definition) is 2. The third-order valence-corrected chi connectivity index (χ3v) is 4.47. The average Bonchev–Trinajstić information content (AvgIpc) is 2.82. The number of aromatic nitrogens is 1. The van der Waals surface area contributed by atoms with E-state index in [9.17, 15) is 9.90 Å². The topological polar surface area (TPSA) is 62.2 Å². The van der Waals surface area contributed by atoms with E-state index in [0.29, 0.717) is 5.57 Å². The summed E-state index contributed by atoms with van der Waals surface area (Å²) in [5.41, 5.74) is 1.39. The van der Waals surface area contributed by atoms with Crippen molar-refractivity contribution >= 4 is 5.91 Å². The Kier molecular flexibility index (Phi) is 6.54. The molecule has 1 aliphatic rings. The standard InChI is InChI=1S/C22H26N2O2/c1-5-19-12-10-17(8-9-18-7-6-14-23-15-18)11-13-20(19)21(25)24-16(2)22(3,4)26/h6-7,10-16,19,26H,5H2,1-4H3,(H,24,25). The van der Waals surface area contributed by atoms with Crippen LogP contribution >= 0.6 is 0 Å². The summed E-state index contributed by atoms with van der Waals surface area (Å²) in [4.78, 5) is 16.7. The van der Waals surface area contributed by atoms with Gasteiger partial charge in [-0.3, -0.25) is 9.78 Å². The van der Waals surface area contributed by atoms with Crippen molar-refractivity contribution in [3.63, 3.8) is 0 Å². The Hall–Kier alpha value is -2.64. The molecule has 2 N–H and O–H groups in total. The summed E-state index contributed by atoms with van der Waals surface area (Å²) < 4.78 is 0. The molecule has 136 valence electrons. The molecule has 4 heteroatoms. The summed E-state index contributed by atoms with van der Waals surface area (Å²) in [6.45, 7) is 7.21. The van der Waals surface area contributed by atoms with Crippen LogP contribution in [-0.4, -0.2) is 27.6 Å². The van der Waals surface area contributed by atoms with E-state index in [-0.39, 0.29) is 17.9 Å². The van der Waals surface area contributed by atoms with Gasteiger partial charge in [-0.15, -0.1) is 0 Å². The number of amides is 1. The van der Waals surface area contributed by atoms with E-state index in [1.165, 1.54) is 0 Å². The van der Waals surface area contributed by atoms with Gasteiger partial charge in [-0.25, -0.2) is 0 Å². The van der Waals surface area contributed by atoms with Gasteiger partial charge in [0.05, 0.1) is 11.6 Å². The number of carbonyl (C=O) groups excluding carboxylic acids is 1. The molecule has 4 nitrogen and oxygen atoms in total. The van der Waals surface area contributed by atoms with Gasteiger partial charge in [0.25, 0.3) is 0 Å². The van der Waals surface area contributed by atoms with E-state index in [1.807, 2.05) is 43.4 Å². The fourth-order valence-electron chi connectivity index (χ4n) is 2.40. The number of pyridine rings is 1. The maximum atomic E-state index is 12.7. The molecule has 0 spiro atoms. The number of allylic oxidation sites excluding steroid dienone is 5. The molecule has 1 aromatic rings. The molecular weight excluding hydrogens is 324 g/mol. The number of hydrogen-bond acceptors (Lipinski definition) is 3. The van der Waals surface area contributed by atoms with Crippen molar-refractivity contribution in [2.24, 2.45) is 5.92 Å². The predicted octanol–water partition coefficient (Wildman–Crippen LogP) is 3.16. The van der Waals surface area contributed by atoms with Gasteiger partial charge >= 0.3 is 0 Å². The van der Waals surface area contributed by atoms with Gasteiger partial charge in [0.15, 0.2) is 0 Å². The van der Waals surface area contributed by atoms with E-state index < -0.39 is 5.60 Å². The molecule has 0 aromatic carbocycles. The maximum Gasteiger partial charge on any atom is 0.248 e. The van der Waals surface area contributed by atoms with Gasteiger partial charge < -0.3 is 10.4 Å². The van der Waals surface area contributed by atoms with E-state index >= 15 is 0 Å². The second-order valence-corrected chi connectivity index (χ2v) is 6.96. The van der Waals surface area contributed by atoms with Gasteiger partial charge in [0.2, 0.25) is 5.91 Å². The van der Waals surface area contributed by atoms with E-state index in [4.69, 9.17) is 0 Å². The zero-order chi connectivity index (χ0) is 19.2. The lowest BCUT2D eigenvalue weighted by Crippen LogP contribution is -2.48. The zero-order valence-electron chi connectivity index (χ0n) is 15.8. The van der Waals surface area contributed by atoms with E-state index in [0.717, 1.165) is 17.6 Å². The van der Waals surface area contributed by atoms with Crippen LogP contribution in [-0.2, 0) is 4.79 Å². The van der Waals surface area contributed by atoms with Crippen LogP contribution in [0.4, 0.5) is 0 Å². The summed E-state index contributed by atoms with van der Waals surface area (Å²) in [6, 6.07) is 3.40. The molecule has 2 rings (SSSR count). The first-order valence-electron chi connectivity index (χ1n) is 8.86. The summed E-state index contributed by atoms with van der Waals surface area (Å²) in [5, 5.41) is 12.9. The Morgan fingerprint density at radius 3 is 2.77 bits per heavy atom. The lowest BCUT2D eigenvalue weighted by Gasteiger charge is -2.27. The molecule has 26 heavy (non-hydrogen) atoms. The van der Waals surface area contributed by atoms with Gasteiger partial charge in [0.1, 0.15) is 0 Å². The maximum absolute atomic E-state index is 12.7. The Labute approximate surface area is 155 Å². The van der Waals surface area contributed by atoms with Crippen molar-refractivity contribution in [1.29, 1.82) is 0 Å². The van der Waals surface area contributed by atoms with Crippen LogP contribution in [0.3, 0.4) is 0 Å². The summed E-state index contributed by atoms with van der Waals surface area (Å²) >= 11 is 0. The molecule has 0 bridgehead atoms. The molecule has 0 aliphatic heterocycles. The largest absolute Gasteiger partial charge is 0.388 e. The second-order valence-electron chi connectivity index (χ2n) is 6.96. The van der Waals surface area contributed by atoms with Crippen LogP contribution in [0.25, 0.3) is 0 Å². The number of rotatable bonds is 4. The average molecular weight is 350 g/mol. The highest BCUT2D eigenvalue weighted by molar-refractivity contribution is 5.95. The minimum absolute atomic E-state index is 0.0120. The molecule has 1 amide bonds. The van der Waals surface area contributed by atoms with E-state index in [2.05, 4.69) is 22.1 Å². The van der Waals surface area contributed by atoms with Gasteiger partial charge in [-0.1, -0.05) is 30.9 Å². The molecule has 0 saturated carbocycles. The van der Waals surface area contributed by atoms with Crippen molar-refractivity contribution in [1.82, 2.24) is 10.3 Å². The fourth-order valence-corrected chi connectivity index (χ4v) is 2.40. The van der Waals surface area contributed by atoms with Gasteiger partial charge in [0, 0.05) is 35.0 Å². The summed E-state index contributed by atoms with van der Waals surface area (Å²) in [7, 11) is 0. The lowest BCUT2D eigenvalue weighted by atomic mass is 9.94. The molecule has 1 heterocycles. The Balaban J connectivity index is 2.22. The van der Waals surface area contributed by atoms with Gasteiger partial charge in [-0.2, -0.15) is 0 Å². The monoisotopic (exact) mass is 350 g/mol. The number of nitrogens with one attached hydrogen (secondary N) is 1. The normalized spacial score (nSPS) is 18.0. The highest BCUT2D eigenvalue weighted by atomic mass is 16.3. The third kappa shape index (κ3) is 5.44. The highest BCUT2D eigenvalue weighted by Crippen LogP contribution is 2.22. The molecule has 0 radical (unpaired) electrons. The van der Waals surface area contributed by atoms with Crippen molar-refractivity contribution in [3.8, 4) is 11.8 Å². The van der Waals surface area contributed by atoms with Crippen LogP contribution in [0.5, 0.6) is 0 Å². The summed E-state index contributed by atoms with van der Waals surface area (Å²) in [6.07, 6.45) is 11.9. The fraction of sp³-hybridized carbons (Fsp3) is 0.364. The first-order chi connectivity index (χ1) is 12.3. The smallest absolute Gasteiger partial charge is 0.248 e. The van der Waals surface area contributed by atoms with Crippen LogP contribution in [0.1, 0.15) is 39.7 Å². The number of nitrogens with zero attached hydrogens (tertiary/aromatic N) is 1. The lowest BCUT2D eigenvalue weighted by molar-refractivity contribution is -0.120. The Bertz CT molecular complexity index is 787. The quantitative estimate of drug-likeness (QED) is 0.820. The Morgan fingerprint density at radius 2 is 2.15 bits per heavy atom. The van der Waals surface area contributed by atoms with Gasteiger partial charge in [-0.05, 0) is 51.5 Å². The first kappa shape index (κ1) is 19.7. The van der Waals surface area contributed by atoms with Crippen LogP contribution in [0.2, 0.25) is 0 Å². The second kappa shape index (κ2) is 8.64. The van der Waals surface area contributed by atoms with Crippen LogP contribution in [0.15, 0.2) is 60.0 Å². The van der Waals surface area contributed by atoms with Crippen molar-refractivity contribution < 1.29 is 9.90 Å². The SMILES string of the molecule is CCC1C=CC(C#Cc2cccnc2)=CC=C1C(=O)NC(C)C(C)(C)O. The molecule has 1 aliphatic carbocycles. The van der Waals surface area contributed by atoms with Crippen molar-refractivity contribution in [2.75, 3.05) is 0 Å². The number of aliphatic hydroxyl groups is 1. The van der Waals surface area contributed by atoms with Crippen LogP contribution < -0.4 is 5.32 Å². The van der Waals surface area contributed by atoms with Crippen molar-refractivity contribution in [2.45, 2.75) is 45.8 Å². The molecule has 1 aromatic heterocycles.